The Balaban J connectivity index is 1.46. The largest absolute Gasteiger partial charge is 0.493 e. The lowest BCUT2D eigenvalue weighted by Gasteiger charge is -2.36. The molecule has 1 fully saturated rings. The summed E-state index contributed by atoms with van der Waals surface area (Å²) in [6.45, 7) is 8.81. The number of aromatic nitrogens is 3. The Labute approximate surface area is 183 Å². The van der Waals surface area contributed by atoms with Crippen LogP contribution in [0.1, 0.15) is 16.8 Å². The van der Waals surface area contributed by atoms with E-state index in [9.17, 15) is 0 Å². The van der Waals surface area contributed by atoms with Crippen LogP contribution in [0.25, 0.3) is 11.5 Å². The first-order valence-corrected chi connectivity index (χ1v) is 10.5. The highest BCUT2D eigenvalue weighted by atomic mass is 16.5. The maximum Gasteiger partial charge on any atom is 0.180 e. The summed E-state index contributed by atoms with van der Waals surface area (Å²) in [4.78, 5) is 18.8. The van der Waals surface area contributed by atoms with Crippen LogP contribution in [0, 0.1) is 13.8 Å². The maximum atomic E-state index is 5.44. The van der Waals surface area contributed by atoms with Crippen molar-refractivity contribution in [3.05, 3.63) is 59.4 Å². The number of piperazine rings is 1. The van der Waals surface area contributed by atoms with Gasteiger partial charge < -0.3 is 14.4 Å². The summed E-state index contributed by atoms with van der Waals surface area (Å²) >= 11 is 0. The number of hydrogen-bond donors (Lipinski definition) is 0. The number of rotatable bonds is 6. The second-order valence-corrected chi connectivity index (χ2v) is 7.75. The lowest BCUT2D eigenvalue weighted by Crippen LogP contribution is -2.46. The molecule has 7 heteroatoms. The molecule has 1 aromatic carbocycles. The Morgan fingerprint density at radius 2 is 1.68 bits per heavy atom. The molecule has 3 heterocycles. The minimum Gasteiger partial charge on any atom is -0.493 e. The van der Waals surface area contributed by atoms with Gasteiger partial charge in [0.05, 0.1) is 14.2 Å². The van der Waals surface area contributed by atoms with Gasteiger partial charge in [0.2, 0.25) is 0 Å². The Morgan fingerprint density at radius 1 is 0.903 bits per heavy atom. The normalized spacial score (nSPS) is 14.5. The molecule has 1 aliphatic rings. The molecule has 7 nitrogen and oxygen atoms in total. The fraction of sp³-hybridized carbons (Fsp3) is 0.375. The third kappa shape index (κ3) is 4.61. The zero-order chi connectivity index (χ0) is 21.8. The highest BCUT2D eigenvalue weighted by molar-refractivity contribution is 5.57. The van der Waals surface area contributed by atoms with E-state index in [-0.39, 0.29) is 0 Å². The van der Waals surface area contributed by atoms with Gasteiger partial charge in [0.25, 0.3) is 0 Å². The lowest BCUT2D eigenvalue weighted by atomic mass is 10.1. The van der Waals surface area contributed by atoms with Crippen LogP contribution in [-0.4, -0.2) is 60.3 Å². The van der Waals surface area contributed by atoms with Crippen molar-refractivity contribution in [1.29, 1.82) is 0 Å². The standard InChI is InChI=1S/C24H29N5O2/c1-17-18(2)26-23(20-7-5-6-10-25-20)27-24(17)29-13-11-28(12-14-29)16-19-8-9-21(30-3)22(15-19)31-4/h5-10,15H,11-14,16H2,1-4H3. The molecular weight excluding hydrogens is 390 g/mol. The molecule has 162 valence electrons. The van der Waals surface area contributed by atoms with Crippen molar-refractivity contribution in [2.45, 2.75) is 20.4 Å². The van der Waals surface area contributed by atoms with Crippen molar-refractivity contribution in [1.82, 2.24) is 19.9 Å². The quantitative estimate of drug-likeness (QED) is 0.606. The second kappa shape index (κ2) is 9.31. The highest BCUT2D eigenvalue weighted by Gasteiger charge is 2.22. The van der Waals surface area contributed by atoms with Gasteiger partial charge in [0.15, 0.2) is 17.3 Å². The summed E-state index contributed by atoms with van der Waals surface area (Å²) in [5.41, 5.74) is 4.16. The molecule has 0 unspecified atom stereocenters. The summed E-state index contributed by atoms with van der Waals surface area (Å²) in [6, 6.07) is 12.0. The SMILES string of the molecule is COc1ccc(CN2CCN(c3nc(-c4ccccn4)nc(C)c3C)CC2)cc1OC. The molecular formula is C24H29N5O2. The molecule has 3 aromatic rings. The average molecular weight is 420 g/mol. The van der Waals surface area contributed by atoms with E-state index in [1.165, 1.54) is 5.56 Å². The van der Waals surface area contributed by atoms with Gasteiger partial charge in [-0.15, -0.1) is 0 Å². The zero-order valence-electron chi connectivity index (χ0n) is 18.6. The van der Waals surface area contributed by atoms with E-state index in [1.54, 1.807) is 20.4 Å². The van der Waals surface area contributed by atoms with Crippen LogP contribution < -0.4 is 14.4 Å². The van der Waals surface area contributed by atoms with Crippen molar-refractivity contribution in [2.24, 2.45) is 0 Å². The van der Waals surface area contributed by atoms with Crippen LogP contribution in [0.3, 0.4) is 0 Å². The van der Waals surface area contributed by atoms with E-state index in [0.717, 1.165) is 67.0 Å². The summed E-state index contributed by atoms with van der Waals surface area (Å²) in [7, 11) is 3.33. The number of ether oxygens (including phenoxy) is 2. The number of anilines is 1. The number of aryl methyl sites for hydroxylation is 1. The third-order valence-electron chi connectivity index (χ3n) is 5.78. The van der Waals surface area contributed by atoms with Gasteiger partial charge in [0, 0.05) is 50.2 Å². The van der Waals surface area contributed by atoms with Crippen LogP contribution in [0.2, 0.25) is 0 Å². The fourth-order valence-corrected chi connectivity index (χ4v) is 3.89. The Morgan fingerprint density at radius 3 is 2.35 bits per heavy atom. The van der Waals surface area contributed by atoms with E-state index < -0.39 is 0 Å². The highest BCUT2D eigenvalue weighted by Crippen LogP contribution is 2.29. The molecule has 0 bridgehead atoms. The molecule has 0 aliphatic carbocycles. The topological polar surface area (TPSA) is 63.6 Å². The minimum absolute atomic E-state index is 0.687. The van der Waals surface area contributed by atoms with Gasteiger partial charge >= 0.3 is 0 Å². The predicted molar refractivity (Wildman–Crippen MR) is 122 cm³/mol. The van der Waals surface area contributed by atoms with E-state index in [0.29, 0.717) is 5.82 Å². The summed E-state index contributed by atoms with van der Waals surface area (Å²) in [5.74, 6) is 3.23. The van der Waals surface area contributed by atoms with E-state index in [2.05, 4.69) is 38.8 Å². The molecule has 31 heavy (non-hydrogen) atoms. The first-order chi connectivity index (χ1) is 15.1. The van der Waals surface area contributed by atoms with Crippen molar-refractivity contribution in [3.8, 4) is 23.0 Å². The predicted octanol–water partition coefficient (Wildman–Crippen LogP) is 3.49. The van der Waals surface area contributed by atoms with Crippen LogP contribution in [0.4, 0.5) is 5.82 Å². The first kappa shape index (κ1) is 21.1. The zero-order valence-corrected chi connectivity index (χ0v) is 18.6. The summed E-state index contributed by atoms with van der Waals surface area (Å²) < 4.78 is 10.8. The number of nitrogens with zero attached hydrogens (tertiary/aromatic N) is 5. The molecule has 2 aromatic heterocycles. The van der Waals surface area contributed by atoms with Crippen LogP contribution in [-0.2, 0) is 6.54 Å². The number of methoxy groups -OCH3 is 2. The molecule has 1 aliphatic heterocycles. The van der Waals surface area contributed by atoms with Crippen LogP contribution >= 0.6 is 0 Å². The monoisotopic (exact) mass is 419 g/mol. The van der Waals surface area contributed by atoms with Gasteiger partial charge in [-0.2, -0.15) is 0 Å². The number of pyridine rings is 1. The molecule has 0 saturated carbocycles. The molecule has 1 saturated heterocycles. The van der Waals surface area contributed by atoms with Gasteiger partial charge in [-0.3, -0.25) is 9.88 Å². The Kier molecular flexibility index (Phi) is 6.32. The van der Waals surface area contributed by atoms with Gasteiger partial charge in [0.1, 0.15) is 11.5 Å². The van der Waals surface area contributed by atoms with Crippen LogP contribution in [0.5, 0.6) is 11.5 Å². The molecule has 4 rings (SSSR count). The van der Waals surface area contributed by atoms with Gasteiger partial charge in [-0.1, -0.05) is 12.1 Å². The van der Waals surface area contributed by atoms with Crippen molar-refractivity contribution in [3.63, 3.8) is 0 Å². The Bertz CT molecular complexity index is 1030. The Hall–Kier alpha value is -3.19. The van der Waals surface area contributed by atoms with Crippen molar-refractivity contribution < 1.29 is 9.47 Å². The van der Waals surface area contributed by atoms with E-state index >= 15 is 0 Å². The maximum absolute atomic E-state index is 5.44. The van der Waals surface area contributed by atoms with Crippen molar-refractivity contribution >= 4 is 5.82 Å². The molecule has 0 amide bonds. The molecule has 0 atom stereocenters. The summed E-state index contributed by atoms with van der Waals surface area (Å²) in [6.07, 6.45) is 1.78. The molecule has 0 spiro atoms. The minimum atomic E-state index is 0.687. The van der Waals surface area contributed by atoms with Gasteiger partial charge in [-0.25, -0.2) is 9.97 Å². The third-order valence-corrected chi connectivity index (χ3v) is 5.78. The smallest absolute Gasteiger partial charge is 0.180 e. The van der Waals surface area contributed by atoms with E-state index in [1.807, 2.05) is 31.2 Å². The average Bonchev–Trinajstić information content (AvgIpc) is 2.82. The van der Waals surface area contributed by atoms with Crippen LogP contribution in [0.15, 0.2) is 42.6 Å². The number of hydrogen-bond acceptors (Lipinski definition) is 7. The first-order valence-electron chi connectivity index (χ1n) is 10.5. The summed E-state index contributed by atoms with van der Waals surface area (Å²) in [5, 5.41) is 0. The fourth-order valence-electron chi connectivity index (χ4n) is 3.89. The second-order valence-electron chi connectivity index (χ2n) is 7.75. The van der Waals surface area contributed by atoms with Gasteiger partial charge in [-0.05, 0) is 43.7 Å². The van der Waals surface area contributed by atoms with Crippen molar-refractivity contribution in [2.75, 3.05) is 45.3 Å². The molecule has 0 radical (unpaired) electrons. The van der Waals surface area contributed by atoms with E-state index in [4.69, 9.17) is 14.5 Å². The molecule has 0 N–H and O–H groups in total. The lowest BCUT2D eigenvalue weighted by molar-refractivity contribution is 0.248. The number of benzene rings is 1.